The topological polar surface area (TPSA) is 53.1 Å². The quantitative estimate of drug-likeness (QED) is 0.544. The molecule has 2 N–H and O–H groups in total. The van der Waals surface area contributed by atoms with Crippen LogP contribution in [0.3, 0.4) is 0 Å². The molecule has 2 aromatic carbocycles. The van der Waals surface area contributed by atoms with Gasteiger partial charge in [-0.2, -0.15) is 4.98 Å². The lowest BCUT2D eigenvalue weighted by Crippen LogP contribution is -2.17. The van der Waals surface area contributed by atoms with Crippen molar-refractivity contribution in [2.75, 3.05) is 37.8 Å². The van der Waals surface area contributed by atoms with Crippen molar-refractivity contribution in [2.45, 2.75) is 13.0 Å². The predicted octanol–water partition coefficient (Wildman–Crippen LogP) is 4.26. The minimum Gasteiger partial charge on any atom is -0.366 e. The fourth-order valence-electron chi connectivity index (χ4n) is 2.76. The first-order valence-corrected chi connectivity index (χ1v) is 9.41. The molecule has 0 unspecified atom stereocenters. The summed E-state index contributed by atoms with van der Waals surface area (Å²) in [5.41, 5.74) is 2.88. The van der Waals surface area contributed by atoms with Crippen LogP contribution in [-0.2, 0) is 6.54 Å². The Morgan fingerprint density at radius 1 is 0.929 bits per heavy atom. The van der Waals surface area contributed by atoms with E-state index in [4.69, 9.17) is 0 Å². The van der Waals surface area contributed by atoms with Gasteiger partial charge in [-0.05, 0) is 44.8 Å². The Balaban J connectivity index is 1.75. The maximum absolute atomic E-state index is 13.1. The molecule has 0 aliphatic heterocycles. The first-order chi connectivity index (χ1) is 13.6. The van der Waals surface area contributed by atoms with Gasteiger partial charge in [0.2, 0.25) is 5.95 Å². The summed E-state index contributed by atoms with van der Waals surface area (Å²) in [5.74, 6) is 1.09. The smallest absolute Gasteiger partial charge is 0.225 e. The van der Waals surface area contributed by atoms with Gasteiger partial charge in [-0.3, -0.25) is 0 Å². The SMILES string of the molecule is CN(C)CCCNc1nc(NCc2ccc(F)cc2)cc(-c2ccccc2)n1. The maximum Gasteiger partial charge on any atom is 0.225 e. The zero-order valence-electron chi connectivity index (χ0n) is 16.3. The number of hydrogen-bond acceptors (Lipinski definition) is 5. The second-order valence-electron chi connectivity index (χ2n) is 6.89. The molecule has 3 aromatic rings. The summed E-state index contributed by atoms with van der Waals surface area (Å²) in [6.07, 6.45) is 1.00. The largest absolute Gasteiger partial charge is 0.366 e. The number of anilines is 2. The summed E-state index contributed by atoms with van der Waals surface area (Å²) in [5, 5.41) is 6.64. The zero-order valence-corrected chi connectivity index (χ0v) is 16.3. The van der Waals surface area contributed by atoms with Crippen molar-refractivity contribution >= 4 is 11.8 Å². The molecule has 3 rings (SSSR count). The molecule has 28 heavy (non-hydrogen) atoms. The third-order valence-corrected chi connectivity index (χ3v) is 4.25. The highest BCUT2D eigenvalue weighted by molar-refractivity contribution is 5.64. The lowest BCUT2D eigenvalue weighted by Gasteiger charge is -2.13. The monoisotopic (exact) mass is 379 g/mol. The van der Waals surface area contributed by atoms with Gasteiger partial charge in [0.1, 0.15) is 11.6 Å². The molecule has 0 spiro atoms. The molecule has 0 radical (unpaired) electrons. The molecule has 0 saturated carbocycles. The van der Waals surface area contributed by atoms with E-state index in [1.807, 2.05) is 36.4 Å². The average molecular weight is 379 g/mol. The lowest BCUT2D eigenvalue weighted by atomic mass is 10.1. The van der Waals surface area contributed by atoms with Crippen LogP contribution in [-0.4, -0.2) is 42.1 Å². The van der Waals surface area contributed by atoms with Gasteiger partial charge < -0.3 is 15.5 Å². The second-order valence-corrected chi connectivity index (χ2v) is 6.89. The summed E-state index contributed by atoms with van der Waals surface area (Å²) in [6.45, 7) is 2.36. The van der Waals surface area contributed by atoms with Crippen LogP contribution in [0, 0.1) is 5.82 Å². The third kappa shape index (κ3) is 6.03. The van der Waals surface area contributed by atoms with Crippen LogP contribution in [0.5, 0.6) is 0 Å². The van der Waals surface area contributed by atoms with Gasteiger partial charge in [-0.15, -0.1) is 0 Å². The Bertz CT molecular complexity index is 866. The molecular formula is C22H26FN5. The van der Waals surface area contributed by atoms with Crippen LogP contribution >= 0.6 is 0 Å². The molecule has 0 bridgehead atoms. The molecule has 0 saturated heterocycles. The van der Waals surface area contributed by atoms with E-state index in [1.54, 1.807) is 12.1 Å². The Kier molecular flexibility index (Phi) is 6.92. The van der Waals surface area contributed by atoms with E-state index in [-0.39, 0.29) is 5.82 Å². The van der Waals surface area contributed by atoms with Gasteiger partial charge in [0.25, 0.3) is 0 Å². The van der Waals surface area contributed by atoms with Crippen molar-refractivity contribution in [3.63, 3.8) is 0 Å². The minimum absolute atomic E-state index is 0.235. The van der Waals surface area contributed by atoms with Gasteiger partial charge in [-0.25, -0.2) is 9.37 Å². The van der Waals surface area contributed by atoms with Gasteiger partial charge in [0, 0.05) is 24.7 Å². The highest BCUT2D eigenvalue weighted by Gasteiger charge is 2.07. The van der Waals surface area contributed by atoms with Crippen LogP contribution in [0.2, 0.25) is 0 Å². The van der Waals surface area contributed by atoms with Crippen molar-refractivity contribution in [3.05, 3.63) is 72.0 Å². The van der Waals surface area contributed by atoms with Crippen LogP contribution in [0.15, 0.2) is 60.7 Å². The predicted molar refractivity (Wildman–Crippen MR) is 113 cm³/mol. The number of benzene rings is 2. The number of nitrogens with zero attached hydrogens (tertiary/aromatic N) is 3. The molecule has 6 heteroatoms. The van der Waals surface area contributed by atoms with Crippen molar-refractivity contribution in [1.29, 1.82) is 0 Å². The molecule has 1 heterocycles. The fraction of sp³-hybridized carbons (Fsp3) is 0.273. The molecule has 1 aromatic heterocycles. The summed E-state index contributed by atoms with van der Waals surface area (Å²) in [6, 6.07) is 18.4. The summed E-state index contributed by atoms with van der Waals surface area (Å²) in [7, 11) is 4.12. The highest BCUT2D eigenvalue weighted by Crippen LogP contribution is 2.21. The van der Waals surface area contributed by atoms with Crippen LogP contribution in [0.1, 0.15) is 12.0 Å². The van der Waals surface area contributed by atoms with Gasteiger partial charge in [0.05, 0.1) is 5.69 Å². The van der Waals surface area contributed by atoms with Crippen molar-refractivity contribution < 1.29 is 4.39 Å². The summed E-state index contributed by atoms with van der Waals surface area (Å²) in [4.78, 5) is 11.4. The maximum atomic E-state index is 13.1. The molecule has 5 nitrogen and oxygen atoms in total. The van der Waals surface area contributed by atoms with Gasteiger partial charge >= 0.3 is 0 Å². The lowest BCUT2D eigenvalue weighted by molar-refractivity contribution is 0.405. The van der Waals surface area contributed by atoms with E-state index in [0.29, 0.717) is 12.5 Å². The third-order valence-electron chi connectivity index (χ3n) is 4.25. The van der Waals surface area contributed by atoms with Crippen LogP contribution in [0.4, 0.5) is 16.2 Å². The van der Waals surface area contributed by atoms with Crippen LogP contribution < -0.4 is 10.6 Å². The van der Waals surface area contributed by atoms with Crippen molar-refractivity contribution in [1.82, 2.24) is 14.9 Å². The molecular weight excluding hydrogens is 353 g/mol. The number of hydrogen-bond donors (Lipinski definition) is 2. The zero-order chi connectivity index (χ0) is 19.8. The summed E-state index contributed by atoms with van der Waals surface area (Å²) >= 11 is 0. The second kappa shape index (κ2) is 9.80. The van der Waals surface area contributed by atoms with Crippen molar-refractivity contribution in [3.8, 4) is 11.3 Å². The summed E-state index contributed by atoms with van der Waals surface area (Å²) < 4.78 is 13.1. The Hall–Kier alpha value is -2.99. The molecule has 0 aliphatic rings. The number of rotatable bonds is 9. The van der Waals surface area contributed by atoms with E-state index in [2.05, 4.69) is 39.6 Å². The van der Waals surface area contributed by atoms with E-state index >= 15 is 0 Å². The van der Waals surface area contributed by atoms with Gasteiger partial charge in [-0.1, -0.05) is 42.5 Å². The first-order valence-electron chi connectivity index (χ1n) is 9.41. The number of nitrogens with one attached hydrogen (secondary N) is 2. The normalized spacial score (nSPS) is 10.9. The van der Waals surface area contributed by atoms with E-state index < -0.39 is 0 Å². The Morgan fingerprint density at radius 2 is 1.68 bits per heavy atom. The number of aromatic nitrogens is 2. The number of halogens is 1. The molecule has 0 fully saturated rings. The Labute approximate surface area is 165 Å². The molecule has 0 amide bonds. The average Bonchev–Trinajstić information content (AvgIpc) is 2.71. The highest BCUT2D eigenvalue weighted by atomic mass is 19.1. The van der Waals surface area contributed by atoms with Crippen LogP contribution in [0.25, 0.3) is 11.3 Å². The molecule has 0 aliphatic carbocycles. The van der Waals surface area contributed by atoms with E-state index in [9.17, 15) is 4.39 Å². The molecule has 146 valence electrons. The van der Waals surface area contributed by atoms with E-state index in [1.165, 1.54) is 12.1 Å². The standard InChI is InChI=1S/C22H26FN5/c1-28(2)14-6-13-24-22-26-20(18-7-4-3-5-8-18)15-21(27-22)25-16-17-9-11-19(23)12-10-17/h3-5,7-12,15H,6,13-14,16H2,1-2H3,(H2,24,25,26,27). The first kappa shape index (κ1) is 19.8. The van der Waals surface area contributed by atoms with Gasteiger partial charge in [0.15, 0.2) is 0 Å². The van der Waals surface area contributed by atoms with Crippen molar-refractivity contribution in [2.24, 2.45) is 0 Å². The Morgan fingerprint density at radius 3 is 2.39 bits per heavy atom. The minimum atomic E-state index is -0.235. The van der Waals surface area contributed by atoms with E-state index in [0.717, 1.165) is 42.1 Å². The fourth-order valence-corrected chi connectivity index (χ4v) is 2.76. The molecule has 0 atom stereocenters.